The quantitative estimate of drug-likeness (QED) is 0.0261. The van der Waals surface area contributed by atoms with E-state index in [4.69, 9.17) is 14.2 Å². The first kappa shape index (κ1) is 69.2. The summed E-state index contributed by atoms with van der Waals surface area (Å²) in [4.78, 5) is 38.1. The highest BCUT2D eigenvalue weighted by molar-refractivity contribution is 5.71. The number of esters is 3. The minimum atomic E-state index is -0.763. The molecule has 6 nitrogen and oxygen atoms in total. The Morgan fingerprint density at radius 1 is 0.268 bits per heavy atom. The molecule has 1 unspecified atom stereocenters. The summed E-state index contributed by atoms with van der Waals surface area (Å²) in [7, 11) is 0. The van der Waals surface area contributed by atoms with E-state index < -0.39 is 6.10 Å². The summed E-state index contributed by atoms with van der Waals surface area (Å²) in [6.07, 6.45) is 71.1. The molecule has 0 heterocycles. The van der Waals surface area contributed by atoms with Gasteiger partial charge in [-0.05, 0) is 44.9 Å². The Bertz CT molecular complexity index is 1100. The van der Waals surface area contributed by atoms with Crippen LogP contribution in [0.3, 0.4) is 0 Å². The molecule has 0 bridgehead atoms. The fourth-order valence-corrected chi connectivity index (χ4v) is 9.91. The van der Waals surface area contributed by atoms with Gasteiger partial charge in [-0.2, -0.15) is 0 Å². The molecule has 0 aliphatic heterocycles. The number of ether oxygens (including phenoxy) is 3. The van der Waals surface area contributed by atoms with Crippen LogP contribution in [0.15, 0.2) is 12.2 Å². The van der Waals surface area contributed by atoms with E-state index in [2.05, 4.69) is 32.9 Å². The smallest absolute Gasteiger partial charge is 0.306 e. The molecule has 0 aromatic heterocycles. The number of carbonyl (C=O) groups excluding carboxylic acids is 3. The van der Waals surface area contributed by atoms with Gasteiger partial charge in [0.2, 0.25) is 0 Å². The van der Waals surface area contributed by atoms with Gasteiger partial charge in [0.1, 0.15) is 13.2 Å². The molecular weight excluding hydrogens is 877 g/mol. The van der Waals surface area contributed by atoms with Gasteiger partial charge in [-0.15, -0.1) is 0 Å². The van der Waals surface area contributed by atoms with Crippen molar-refractivity contribution >= 4 is 17.9 Å². The standard InChI is InChI=1S/C65H124O6/c1-4-7-10-13-16-18-20-22-24-26-28-30-31-32-33-35-36-38-40-42-44-46-49-52-55-58-64(67)70-61-62(60-69-63(66)57-54-51-48-15-12-9-6-3)71-65(68)59-56-53-50-47-45-43-41-39-37-34-29-27-25-23-21-19-17-14-11-8-5-2/h26,28,62H,4-25,27,29-61H2,1-3H3/b28-26-. The van der Waals surface area contributed by atoms with Gasteiger partial charge in [-0.3, -0.25) is 14.4 Å². The van der Waals surface area contributed by atoms with Gasteiger partial charge in [-0.25, -0.2) is 0 Å². The van der Waals surface area contributed by atoms with Crippen LogP contribution in [0.5, 0.6) is 0 Å². The van der Waals surface area contributed by atoms with Gasteiger partial charge in [0, 0.05) is 19.3 Å². The molecule has 0 amide bonds. The predicted octanol–water partition coefficient (Wildman–Crippen LogP) is 21.7. The maximum atomic E-state index is 12.9. The van der Waals surface area contributed by atoms with Crippen molar-refractivity contribution in [1.29, 1.82) is 0 Å². The van der Waals surface area contributed by atoms with E-state index >= 15 is 0 Å². The van der Waals surface area contributed by atoms with E-state index in [1.807, 2.05) is 0 Å². The maximum Gasteiger partial charge on any atom is 0.306 e. The molecule has 420 valence electrons. The lowest BCUT2D eigenvalue weighted by molar-refractivity contribution is -0.167. The Kier molecular flexibility index (Phi) is 59.1. The fourth-order valence-electron chi connectivity index (χ4n) is 9.91. The van der Waals surface area contributed by atoms with Crippen molar-refractivity contribution < 1.29 is 28.6 Å². The van der Waals surface area contributed by atoms with Gasteiger partial charge >= 0.3 is 17.9 Å². The Hall–Kier alpha value is -1.85. The molecular formula is C65H124O6. The molecule has 0 aliphatic rings. The van der Waals surface area contributed by atoms with Crippen LogP contribution in [-0.4, -0.2) is 37.2 Å². The average Bonchev–Trinajstić information content (AvgIpc) is 3.37. The number of hydrogen-bond donors (Lipinski definition) is 0. The molecule has 0 aromatic rings. The van der Waals surface area contributed by atoms with Crippen LogP contribution in [0.4, 0.5) is 0 Å². The van der Waals surface area contributed by atoms with Crippen molar-refractivity contribution in [2.45, 2.75) is 374 Å². The first-order valence-electron chi connectivity index (χ1n) is 32.2. The predicted molar refractivity (Wildman–Crippen MR) is 307 cm³/mol. The summed E-state index contributed by atoms with van der Waals surface area (Å²) >= 11 is 0. The van der Waals surface area contributed by atoms with Crippen LogP contribution >= 0.6 is 0 Å². The first-order valence-corrected chi connectivity index (χ1v) is 32.2. The molecule has 0 aliphatic carbocycles. The molecule has 1 atom stereocenters. The van der Waals surface area contributed by atoms with E-state index in [0.717, 1.165) is 57.8 Å². The SMILES string of the molecule is CCCCCCCCCC/C=C\CCCCCCCCCCCCCCCC(=O)OCC(COC(=O)CCCCCCCCC)OC(=O)CCCCCCCCCCCCCCCCCCCCCCC. The second kappa shape index (κ2) is 60.7. The molecule has 0 radical (unpaired) electrons. The van der Waals surface area contributed by atoms with Gasteiger partial charge in [0.25, 0.3) is 0 Å². The van der Waals surface area contributed by atoms with Crippen LogP contribution in [0.25, 0.3) is 0 Å². The second-order valence-corrected chi connectivity index (χ2v) is 22.0. The minimum absolute atomic E-state index is 0.0641. The van der Waals surface area contributed by atoms with Crippen molar-refractivity contribution in [3.8, 4) is 0 Å². The van der Waals surface area contributed by atoms with Crippen LogP contribution in [0, 0.1) is 0 Å². The summed E-state index contributed by atoms with van der Waals surface area (Å²) in [5.41, 5.74) is 0. The molecule has 0 fully saturated rings. The lowest BCUT2D eigenvalue weighted by Crippen LogP contribution is -2.30. The third-order valence-corrected chi connectivity index (χ3v) is 14.8. The van der Waals surface area contributed by atoms with E-state index in [-0.39, 0.29) is 31.1 Å². The number of hydrogen-bond acceptors (Lipinski definition) is 6. The summed E-state index contributed by atoms with van der Waals surface area (Å²) in [5, 5.41) is 0. The van der Waals surface area contributed by atoms with Gasteiger partial charge in [0.05, 0.1) is 0 Å². The maximum absolute atomic E-state index is 12.9. The summed E-state index contributed by atoms with van der Waals surface area (Å²) < 4.78 is 16.9. The highest BCUT2D eigenvalue weighted by Gasteiger charge is 2.19. The zero-order valence-electron chi connectivity index (χ0n) is 48.3. The molecule has 0 rings (SSSR count). The summed E-state index contributed by atoms with van der Waals surface area (Å²) in [6, 6.07) is 0. The number of rotatable bonds is 60. The lowest BCUT2D eigenvalue weighted by Gasteiger charge is -2.18. The number of allylic oxidation sites excluding steroid dienone is 2. The van der Waals surface area contributed by atoms with Crippen molar-refractivity contribution in [2.24, 2.45) is 0 Å². The molecule has 0 spiro atoms. The third-order valence-electron chi connectivity index (χ3n) is 14.8. The molecule has 0 aromatic carbocycles. The normalized spacial score (nSPS) is 12.0. The average molecular weight is 1000 g/mol. The van der Waals surface area contributed by atoms with Crippen molar-refractivity contribution in [3.63, 3.8) is 0 Å². The molecule has 6 heteroatoms. The topological polar surface area (TPSA) is 78.9 Å². The third kappa shape index (κ3) is 58.9. The Morgan fingerprint density at radius 3 is 0.704 bits per heavy atom. The first-order chi connectivity index (χ1) is 35.0. The van der Waals surface area contributed by atoms with E-state index in [0.29, 0.717) is 19.3 Å². The van der Waals surface area contributed by atoms with Crippen molar-refractivity contribution in [1.82, 2.24) is 0 Å². The van der Waals surface area contributed by atoms with E-state index in [1.54, 1.807) is 0 Å². The zero-order chi connectivity index (χ0) is 51.4. The second-order valence-electron chi connectivity index (χ2n) is 22.0. The fraction of sp³-hybridized carbons (Fsp3) is 0.923. The Labute approximate surface area is 443 Å². The number of carbonyl (C=O) groups is 3. The molecule has 0 N–H and O–H groups in total. The van der Waals surface area contributed by atoms with Crippen LogP contribution in [-0.2, 0) is 28.6 Å². The van der Waals surface area contributed by atoms with Crippen molar-refractivity contribution in [3.05, 3.63) is 12.2 Å². The lowest BCUT2D eigenvalue weighted by atomic mass is 10.0. The largest absolute Gasteiger partial charge is 0.462 e. The molecule has 0 saturated heterocycles. The zero-order valence-corrected chi connectivity index (χ0v) is 48.3. The van der Waals surface area contributed by atoms with Gasteiger partial charge in [0.15, 0.2) is 6.10 Å². The minimum Gasteiger partial charge on any atom is -0.462 e. The molecule has 0 saturated carbocycles. The van der Waals surface area contributed by atoms with Gasteiger partial charge in [-0.1, -0.05) is 315 Å². The summed E-state index contributed by atoms with van der Waals surface area (Å²) in [5.74, 6) is -0.843. The van der Waals surface area contributed by atoms with Crippen LogP contribution < -0.4 is 0 Å². The van der Waals surface area contributed by atoms with Crippen LogP contribution in [0.2, 0.25) is 0 Å². The van der Waals surface area contributed by atoms with E-state index in [1.165, 1.54) is 270 Å². The Balaban J connectivity index is 4.06. The monoisotopic (exact) mass is 1000 g/mol. The summed E-state index contributed by atoms with van der Waals surface area (Å²) in [6.45, 7) is 6.67. The van der Waals surface area contributed by atoms with Gasteiger partial charge < -0.3 is 14.2 Å². The highest BCUT2D eigenvalue weighted by atomic mass is 16.6. The molecule has 71 heavy (non-hydrogen) atoms. The van der Waals surface area contributed by atoms with E-state index in [9.17, 15) is 14.4 Å². The Morgan fingerprint density at radius 2 is 0.465 bits per heavy atom. The van der Waals surface area contributed by atoms with Crippen molar-refractivity contribution in [2.75, 3.05) is 13.2 Å². The van der Waals surface area contributed by atoms with Crippen LogP contribution in [0.1, 0.15) is 367 Å². The number of unbranched alkanes of at least 4 members (excludes halogenated alkanes) is 47. The highest BCUT2D eigenvalue weighted by Crippen LogP contribution is 2.18.